The zero-order chi connectivity index (χ0) is 20.5. The van der Waals surface area contributed by atoms with Crippen LogP contribution in [0, 0.1) is 11.7 Å². The normalized spacial score (nSPS) is 19.4. The molecule has 0 atom stereocenters. The summed E-state index contributed by atoms with van der Waals surface area (Å²) >= 11 is 4.33. The van der Waals surface area contributed by atoms with Gasteiger partial charge in [-0.15, -0.1) is 23.5 Å². The van der Waals surface area contributed by atoms with E-state index >= 15 is 0 Å². The van der Waals surface area contributed by atoms with Gasteiger partial charge in [0.05, 0.1) is 4.58 Å². The number of hydrogen-bond acceptors (Lipinski definition) is 2. The SMILES string of the molecule is CCCCc1ccc(-c2ccc(CCC3SCC(CCCC)CS3)cc2)c(F)c1. The predicted octanol–water partition coefficient (Wildman–Crippen LogP) is 8.38. The molecule has 0 amide bonds. The van der Waals surface area contributed by atoms with Gasteiger partial charge in [0.15, 0.2) is 0 Å². The van der Waals surface area contributed by atoms with Gasteiger partial charge in [-0.25, -0.2) is 4.39 Å². The van der Waals surface area contributed by atoms with Crippen molar-refractivity contribution < 1.29 is 4.39 Å². The van der Waals surface area contributed by atoms with Crippen molar-refractivity contribution in [2.24, 2.45) is 5.92 Å². The fraction of sp³-hybridized carbons (Fsp3) is 0.538. The minimum atomic E-state index is -0.0982. The molecule has 1 saturated heterocycles. The molecule has 1 fully saturated rings. The lowest BCUT2D eigenvalue weighted by molar-refractivity contribution is 0.562. The van der Waals surface area contributed by atoms with E-state index in [2.05, 4.69) is 67.7 Å². The number of unbranched alkanes of at least 4 members (excludes halogenated alkanes) is 2. The van der Waals surface area contributed by atoms with Crippen molar-refractivity contribution in [3.05, 3.63) is 59.4 Å². The van der Waals surface area contributed by atoms with Crippen molar-refractivity contribution in [1.82, 2.24) is 0 Å². The lowest BCUT2D eigenvalue weighted by Gasteiger charge is -2.27. The van der Waals surface area contributed by atoms with Crippen LogP contribution in [0.3, 0.4) is 0 Å². The highest BCUT2D eigenvalue weighted by Crippen LogP contribution is 2.38. The standard InChI is InChI=1S/C26H35FS2/c1-3-5-7-21-11-15-24(25(27)17-21)23-13-9-20(10-14-23)12-16-26-28-18-22(19-29-26)8-6-4-2/h9-11,13-15,17,22,26H,3-8,12,16,18-19H2,1-2H3. The molecule has 0 N–H and O–H groups in total. The zero-order valence-electron chi connectivity index (χ0n) is 18.0. The first-order valence-corrected chi connectivity index (χ1v) is 13.4. The number of thioether (sulfide) groups is 2. The van der Waals surface area contributed by atoms with Crippen molar-refractivity contribution in [1.29, 1.82) is 0 Å². The average Bonchev–Trinajstić information content (AvgIpc) is 2.76. The van der Waals surface area contributed by atoms with Crippen LogP contribution in [0.2, 0.25) is 0 Å². The van der Waals surface area contributed by atoms with Crippen molar-refractivity contribution in [2.45, 2.75) is 69.8 Å². The second-order valence-corrected chi connectivity index (χ2v) is 11.0. The first-order valence-electron chi connectivity index (χ1n) is 11.3. The summed E-state index contributed by atoms with van der Waals surface area (Å²) in [6, 6.07) is 14.3. The highest BCUT2D eigenvalue weighted by atomic mass is 32.2. The molecule has 29 heavy (non-hydrogen) atoms. The maximum Gasteiger partial charge on any atom is 0.131 e. The maximum atomic E-state index is 14.6. The third kappa shape index (κ3) is 7.07. The van der Waals surface area contributed by atoms with Crippen molar-refractivity contribution in [2.75, 3.05) is 11.5 Å². The van der Waals surface area contributed by atoms with Gasteiger partial charge < -0.3 is 0 Å². The number of benzene rings is 2. The highest BCUT2D eigenvalue weighted by molar-refractivity contribution is 8.17. The Morgan fingerprint density at radius 2 is 1.52 bits per heavy atom. The molecular weight excluding hydrogens is 395 g/mol. The van der Waals surface area contributed by atoms with Crippen LogP contribution in [-0.4, -0.2) is 16.1 Å². The molecule has 158 valence electrons. The number of hydrogen-bond donors (Lipinski definition) is 0. The van der Waals surface area contributed by atoms with E-state index in [1.807, 2.05) is 6.07 Å². The van der Waals surface area contributed by atoms with Gasteiger partial charge in [-0.2, -0.15) is 0 Å². The number of halogens is 1. The van der Waals surface area contributed by atoms with Gasteiger partial charge in [0.25, 0.3) is 0 Å². The first-order chi connectivity index (χ1) is 14.2. The van der Waals surface area contributed by atoms with Crippen molar-refractivity contribution >= 4 is 23.5 Å². The van der Waals surface area contributed by atoms with Crippen LogP contribution in [-0.2, 0) is 12.8 Å². The summed E-state index contributed by atoms with van der Waals surface area (Å²) in [5.74, 6) is 3.50. The number of aryl methyl sites for hydroxylation is 2. The smallest absolute Gasteiger partial charge is 0.131 e. The molecule has 3 heteroatoms. The van der Waals surface area contributed by atoms with E-state index in [1.54, 1.807) is 6.07 Å². The van der Waals surface area contributed by atoms with Crippen LogP contribution in [0.1, 0.15) is 63.5 Å². The largest absolute Gasteiger partial charge is 0.206 e. The average molecular weight is 431 g/mol. The molecule has 1 aliphatic rings. The van der Waals surface area contributed by atoms with E-state index in [0.717, 1.165) is 47.3 Å². The molecule has 3 rings (SSSR count). The van der Waals surface area contributed by atoms with Crippen LogP contribution in [0.15, 0.2) is 42.5 Å². The summed E-state index contributed by atoms with van der Waals surface area (Å²) in [7, 11) is 0. The van der Waals surface area contributed by atoms with Crippen molar-refractivity contribution in [3.8, 4) is 11.1 Å². The summed E-state index contributed by atoms with van der Waals surface area (Å²) in [6.07, 6.45) is 9.66. The van der Waals surface area contributed by atoms with Crippen LogP contribution >= 0.6 is 23.5 Å². The summed E-state index contributed by atoms with van der Waals surface area (Å²) in [5, 5.41) is 0. The Kier molecular flexibility index (Phi) is 9.45. The Bertz CT molecular complexity index is 733. The summed E-state index contributed by atoms with van der Waals surface area (Å²) in [5.41, 5.74) is 4.16. The third-order valence-corrected chi connectivity index (χ3v) is 9.15. The van der Waals surface area contributed by atoms with Gasteiger partial charge in [0.1, 0.15) is 5.82 Å². The van der Waals surface area contributed by atoms with Gasteiger partial charge in [-0.3, -0.25) is 0 Å². The lowest BCUT2D eigenvalue weighted by Crippen LogP contribution is -2.18. The second-order valence-electron chi connectivity index (χ2n) is 8.26. The van der Waals surface area contributed by atoms with E-state index in [-0.39, 0.29) is 5.82 Å². The van der Waals surface area contributed by atoms with Crippen LogP contribution in [0.4, 0.5) is 4.39 Å². The van der Waals surface area contributed by atoms with Crippen LogP contribution in [0.5, 0.6) is 0 Å². The lowest BCUT2D eigenvalue weighted by atomic mass is 9.99. The summed E-state index contributed by atoms with van der Waals surface area (Å²) in [6.45, 7) is 4.45. The first kappa shape index (κ1) is 22.7. The molecule has 0 spiro atoms. The topological polar surface area (TPSA) is 0 Å². The Balaban J connectivity index is 1.49. The van der Waals surface area contributed by atoms with E-state index in [4.69, 9.17) is 0 Å². The van der Waals surface area contributed by atoms with E-state index < -0.39 is 0 Å². The van der Waals surface area contributed by atoms with Gasteiger partial charge in [0, 0.05) is 5.56 Å². The Hall–Kier alpha value is -0.930. The number of rotatable bonds is 10. The van der Waals surface area contributed by atoms with E-state index in [1.165, 1.54) is 42.8 Å². The molecule has 2 aromatic carbocycles. The van der Waals surface area contributed by atoms with Crippen molar-refractivity contribution in [3.63, 3.8) is 0 Å². The maximum absolute atomic E-state index is 14.6. The van der Waals surface area contributed by atoms with Gasteiger partial charge in [0.2, 0.25) is 0 Å². The molecule has 0 bridgehead atoms. The molecule has 0 aromatic heterocycles. The Labute approximate surface area is 185 Å². The van der Waals surface area contributed by atoms with E-state index in [0.29, 0.717) is 5.56 Å². The fourth-order valence-corrected chi connectivity index (χ4v) is 6.99. The zero-order valence-corrected chi connectivity index (χ0v) is 19.6. The molecule has 0 aliphatic carbocycles. The molecule has 1 heterocycles. The van der Waals surface area contributed by atoms with Gasteiger partial charge in [-0.05, 0) is 72.3 Å². The Morgan fingerprint density at radius 1 is 0.828 bits per heavy atom. The quantitative estimate of drug-likeness (QED) is 0.371. The van der Waals surface area contributed by atoms with E-state index in [9.17, 15) is 4.39 Å². The monoisotopic (exact) mass is 430 g/mol. The van der Waals surface area contributed by atoms with Crippen LogP contribution < -0.4 is 0 Å². The second kappa shape index (κ2) is 12.1. The summed E-state index contributed by atoms with van der Waals surface area (Å²) in [4.78, 5) is 0. The predicted molar refractivity (Wildman–Crippen MR) is 130 cm³/mol. The third-order valence-electron chi connectivity index (χ3n) is 5.79. The molecule has 0 saturated carbocycles. The summed E-state index contributed by atoms with van der Waals surface area (Å²) < 4.78 is 15.3. The minimum Gasteiger partial charge on any atom is -0.206 e. The molecule has 0 nitrogen and oxygen atoms in total. The fourth-order valence-electron chi connectivity index (χ4n) is 3.87. The highest BCUT2D eigenvalue weighted by Gasteiger charge is 2.21. The minimum absolute atomic E-state index is 0.0982. The van der Waals surface area contributed by atoms with Gasteiger partial charge in [-0.1, -0.05) is 69.5 Å². The molecule has 0 unspecified atom stereocenters. The molecule has 1 aliphatic heterocycles. The van der Waals surface area contributed by atoms with Gasteiger partial charge >= 0.3 is 0 Å². The van der Waals surface area contributed by atoms with Crippen LogP contribution in [0.25, 0.3) is 11.1 Å². The molecular formula is C26H35FS2. The Morgan fingerprint density at radius 3 is 2.17 bits per heavy atom. The molecule has 0 radical (unpaired) electrons. The molecule has 2 aromatic rings.